The number of carbonyl (C=O) groups is 6. The Bertz CT molecular complexity index is 5700. The molecule has 24 saturated carbocycles. The number of hydrogen-bond acceptors (Lipinski definition) is 19. The molecule has 0 spiro atoms. The number of methoxy groups -OCH3 is 2. The van der Waals surface area contributed by atoms with Crippen LogP contribution in [0.3, 0.4) is 0 Å². The van der Waals surface area contributed by atoms with Crippen molar-refractivity contribution in [2.45, 2.75) is 322 Å². The van der Waals surface area contributed by atoms with E-state index in [4.69, 9.17) is 35.3 Å². The summed E-state index contributed by atoms with van der Waals surface area (Å²) in [6, 6.07) is 45.3. The van der Waals surface area contributed by atoms with Crippen LogP contribution in [-0.2, 0) is 56.9 Å². The normalized spacial score (nSPS) is 36.3. The van der Waals surface area contributed by atoms with Gasteiger partial charge in [0.15, 0.2) is 27.8 Å². The van der Waals surface area contributed by atoms with E-state index in [-0.39, 0.29) is 108 Å². The number of hydrogen-bond donors (Lipinski definition) is 6. The van der Waals surface area contributed by atoms with Crippen molar-refractivity contribution in [3.8, 4) is 23.9 Å². The van der Waals surface area contributed by atoms with E-state index in [0.717, 1.165) is 165 Å². The third-order valence-corrected chi connectivity index (χ3v) is 50.1. The number of aldehydes is 1. The lowest BCUT2D eigenvalue weighted by atomic mass is 9.49. The number of aromatic amines is 1. The molecular weight excluding hydrogens is 1910 g/mol. The average Bonchev–Trinajstić information content (AvgIpc) is 0.855. The Morgan fingerprint density at radius 2 is 0.870 bits per heavy atom. The van der Waals surface area contributed by atoms with Gasteiger partial charge in [-0.25, -0.2) is 9.37 Å². The molecule has 792 valence electrons. The molecule has 12 unspecified atom stereocenters. The minimum absolute atomic E-state index is 0.0243. The fraction of sp³-hybridized carbons (Fsp3) is 0.655. The first-order valence-corrected chi connectivity index (χ1v) is 64.5. The lowest BCUT2D eigenvalue weighted by Crippen LogP contribution is -2.61. The maximum Gasteiger partial charge on any atom is 0.510 e. The van der Waals surface area contributed by atoms with Gasteiger partial charge in [0.25, 0.3) is 6.57 Å². The van der Waals surface area contributed by atoms with Crippen molar-refractivity contribution in [3.63, 3.8) is 0 Å². The number of benzene rings is 5. The molecule has 0 radical (unpaired) electrons. The van der Waals surface area contributed by atoms with E-state index < -0.39 is 62.4 Å². The predicted octanol–water partition coefficient (Wildman–Crippen LogP) is 23.7. The van der Waals surface area contributed by atoms with E-state index in [1.807, 2.05) is 6.92 Å². The Morgan fingerprint density at radius 1 is 0.521 bits per heavy atom. The second-order valence-corrected chi connectivity index (χ2v) is 66.8. The van der Waals surface area contributed by atoms with Gasteiger partial charge in [0, 0.05) is 29.2 Å². The Labute approximate surface area is 868 Å². The van der Waals surface area contributed by atoms with Crippen LogP contribution in [0.15, 0.2) is 151 Å². The SMILES string of the molecule is C#[N+]S(=O)(=O)c1ccc(C)cc1.CC(C)(C)[Si](C)(C)OC12CC3CC(C1)C(C(=O)CP(C)(C)=O)C(C3)C2.COC(=O)C1C2CC3CC1CC(O)(C3)C2.COC(=O)C1C2CC3CC1CC(O[Si](C)(C)C(C)(C)C)(C3)C2.N#CC1C2CC3CC1CC(O)(C3)C2.O=C(O)C1C2CC3CC1CC(O)(C3)C2.O=C1C2CC3CC1CC(O)(C3)C2.O=Cc1c(F)cccc1-c1cnc[nH]1.c1ccc(C(c2ccccc2)c2ccccc2)cc1. The third kappa shape index (κ3) is 24.7. The van der Waals surface area contributed by atoms with Crippen LogP contribution < -0.4 is 0 Å². The number of aryl methyl sites for hydroxylation is 1. The highest BCUT2D eigenvalue weighted by atomic mass is 32.2. The number of carboxylic acids is 1. The average molecular weight is 2080 g/mol. The number of aromatic nitrogens is 2. The minimum Gasteiger partial charge on any atom is -0.481 e. The van der Waals surface area contributed by atoms with Gasteiger partial charge in [-0.3, -0.25) is 28.8 Å². The lowest BCUT2D eigenvalue weighted by Gasteiger charge is -2.61. The topological polar surface area (TPSA) is 349 Å². The van der Waals surface area contributed by atoms with E-state index >= 15 is 0 Å². The van der Waals surface area contributed by atoms with Gasteiger partial charge >= 0.3 is 27.9 Å². The molecule has 1 aromatic heterocycles. The Morgan fingerprint density at radius 3 is 1.20 bits per heavy atom. The number of carbonyl (C=O) groups excluding carboxylic acids is 5. The van der Waals surface area contributed by atoms with Crippen LogP contribution in [0, 0.1) is 167 Å². The molecule has 1 heterocycles. The van der Waals surface area contributed by atoms with Crippen molar-refractivity contribution in [1.29, 1.82) is 5.26 Å². The van der Waals surface area contributed by atoms with Gasteiger partial charge in [-0.05, 0) is 379 Å². The van der Waals surface area contributed by atoms with Gasteiger partial charge < -0.3 is 53.4 Å². The monoisotopic (exact) mass is 2070 g/mol. The first kappa shape index (κ1) is 111. The number of nitrogens with one attached hydrogen (secondary N) is 1. The molecule has 27 heteroatoms. The molecule has 146 heavy (non-hydrogen) atoms. The highest BCUT2D eigenvalue weighted by molar-refractivity contribution is 7.93. The minimum atomic E-state index is -3.61. The molecule has 24 aliphatic carbocycles. The summed E-state index contributed by atoms with van der Waals surface area (Å²) in [7, 11) is -6.45. The number of esters is 2. The van der Waals surface area contributed by atoms with Crippen LogP contribution in [0.25, 0.3) is 15.5 Å². The number of sulfonamides is 1. The number of imidazole rings is 1. The second kappa shape index (κ2) is 43.3. The fourth-order valence-electron chi connectivity index (χ4n) is 32.4. The van der Waals surface area contributed by atoms with Crippen molar-refractivity contribution in [1.82, 2.24) is 9.97 Å². The Kier molecular flexibility index (Phi) is 32.8. The zero-order valence-electron chi connectivity index (χ0n) is 88.9. The summed E-state index contributed by atoms with van der Waals surface area (Å²) in [4.78, 5) is 76.9. The maximum absolute atomic E-state index is 13.2. The first-order chi connectivity index (χ1) is 68.7. The summed E-state index contributed by atoms with van der Waals surface area (Å²) in [5, 5.41) is 59.5. The molecule has 24 fully saturated rings. The van der Waals surface area contributed by atoms with E-state index in [1.54, 1.807) is 43.8 Å². The number of ether oxygens (including phenoxy) is 2. The Balaban J connectivity index is 0.000000119. The van der Waals surface area contributed by atoms with Gasteiger partial charge in [0.05, 0.1) is 119 Å². The molecule has 0 saturated heterocycles. The Hall–Kier alpha value is -7.99. The highest BCUT2D eigenvalue weighted by Gasteiger charge is 2.65. The van der Waals surface area contributed by atoms with Crippen molar-refractivity contribution in [3.05, 3.63) is 184 Å². The fourth-order valence-corrected chi connectivity index (χ4v) is 37.3. The quantitative estimate of drug-likeness (QED) is 0.0172. The van der Waals surface area contributed by atoms with Crippen molar-refractivity contribution < 1.29 is 90.0 Å². The first-order valence-electron chi connectivity index (χ1n) is 54.5. The lowest BCUT2D eigenvalue weighted by molar-refractivity contribution is -0.180. The summed E-state index contributed by atoms with van der Waals surface area (Å²) >= 11 is 0. The van der Waals surface area contributed by atoms with Gasteiger partial charge in [0.2, 0.25) is 0 Å². The second-order valence-electron chi connectivity index (χ2n) is 52.3. The third-order valence-electron chi connectivity index (χ3n) is 38.8. The zero-order chi connectivity index (χ0) is 105. The van der Waals surface area contributed by atoms with Gasteiger partial charge in [-0.1, -0.05) is 162 Å². The molecule has 6 aromatic rings. The molecule has 6 N–H and O–H groups in total. The highest BCUT2D eigenvalue weighted by Crippen LogP contribution is 2.67. The van der Waals surface area contributed by atoms with Crippen LogP contribution in [0.5, 0.6) is 0 Å². The predicted molar refractivity (Wildman–Crippen MR) is 569 cm³/mol. The summed E-state index contributed by atoms with van der Waals surface area (Å²) in [5.41, 5.74) is 4.53. The van der Waals surface area contributed by atoms with Crippen LogP contribution in [0.4, 0.5) is 4.39 Å². The molecule has 5 aromatic carbocycles. The van der Waals surface area contributed by atoms with Gasteiger partial charge in [-0.2, -0.15) is 5.26 Å². The number of H-pyrrole nitrogens is 1. The molecule has 22 nitrogen and oxygen atoms in total. The smallest absolute Gasteiger partial charge is 0.481 e. The van der Waals surface area contributed by atoms with E-state index in [9.17, 15) is 66.6 Å². The number of ketones is 2. The van der Waals surface area contributed by atoms with Crippen molar-refractivity contribution in [2.24, 2.45) is 136 Å². The summed E-state index contributed by atoms with van der Waals surface area (Å²) in [6.07, 6.45) is 34.5. The van der Waals surface area contributed by atoms with Gasteiger partial charge in [0.1, 0.15) is 17.4 Å². The molecule has 24 aliphatic rings. The summed E-state index contributed by atoms with van der Waals surface area (Å²) in [5.74, 6) is 9.15. The maximum atomic E-state index is 13.2. The number of aliphatic carboxylic acids is 1. The van der Waals surface area contributed by atoms with E-state index in [2.05, 4.69) is 179 Å². The molecule has 0 amide bonds. The van der Waals surface area contributed by atoms with Crippen LogP contribution in [0.2, 0.25) is 36.3 Å². The number of carboxylic acid groups (broad SMARTS) is 1. The van der Waals surface area contributed by atoms with Crippen LogP contribution >= 0.6 is 7.14 Å². The zero-order valence-corrected chi connectivity index (χ0v) is 92.6. The summed E-state index contributed by atoms with van der Waals surface area (Å²) in [6.45, 7) is 33.4. The largest absolute Gasteiger partial charge is 0.510 e. The molecule has 24 bridgehead atoms. The van der Waals surface area contributed by atoms with Crippen molar-refractivity contribution in [2.75, 3.05) is 33.7 Å². The number of aliphatic hydroxyl groups is 4. The number of nitriles is 1. The molecular formula is C119H163FN4O18PSSi2+. The van der Waals surface area contributed by atoms with E-state index in [1.165, 1.54) is 107 Å². The standard InChI is InChI=1S/C20H37O3PSi.C19H16.C18H32O3Si.C12H18O3.C11H15NO.C11H16O3.C10H7FN2O.C10H14O2.C8H8NO2S/c1-19(2,3)25(6,7)23-20-10-14-8-15(11-20)18(16(9-14)12-20)17(21)13-24(4,5)22;1-4-10-16(11-5-1)19(17-12-6-2-7-13-17)18-14-8-3-9-15-18;1-17(2,3)22(5,6)21-18-9-12-7-13(10-18)15(16(19)20-4)14(8-12)11-18;1-15-11(13)10-8-2-7-3-9(10)6-12(14,4-7)5-8;12-6-10-8-1-7-2-9(10)5-11(13,3-7)4-8;12-10(13)9-7-1-6-2-8(9)5-11(14,3-6)4-7;11-9-3-1-2-7(8(9)5-14)10-4-12-6-13-10;11-9-7-1-6-2-8(9)5-10(12,3-6)4-7;1-7-3-5-8(6-4-7)12(10,11)9-2/h14-16,18H,8-13H2,1-7H3;1-15,19H;12-15H,7-11H2,1-6H3;7-10,14H,2-6H2,1H3;7-10,13H,1-5H2;6-9,14H,1-5H2,(H,12,13);1-6H,(H,12,13);6-8,12H,1-5H2;2-6H,1H3/q;;;;;;;;+1. The van der Waals surface area contributed by atoms with Crippen LogP contribution in [-0.4, -0.2) is 164 Å². The summed E-state index contributed by atoms with van der Waals surface area (Å²) < 4.78 is 74.1. The number of nitrogens with zero attached hydrogens (tertiary/aromatic N) is 3. The van der Waals surface area contributed by atoms with E-state index in [0.29, 0.717) is 101 Å². The van der Waals surface area contributed by atoms with Gasteiger partial charge in [-0.15, -0.1) is 8.42 Å². The number of rotatable bonds is 16. The number of Topliss-reactive ketones (excluding diaryl/α,β-unsaturated/α-hetero) is 2. The molecule has 30 rings (SSSR count). The molecule has 0 aliphatic heterocycles. The molecule has 12 atom stereocenters. The number of halogens is 1. The van der Waals surface area contributed by atoms with Crippen molar-refractivity contribution >= 4 is 69.6 Å². The van der Waals surface area contributed by atoms with Crippen LogP contribution in [0.1, 0.15) is 273 Å².